The van der Waals surface area contributed by atoms with Crippen LogP contribution in [-0.2, 0) is 4.74 Å². The second-order valence-electron chi connectivity index (χ2n) is 7.10. The van der Waals surface area contributed by atoms with Gasteiger partial charge in [-0.3, -0.25) is 4.90 Å². The zero-order valence-electron chi connectivity index (χ0n) is 13.1. The average Bonchev–Trinajstić information content (AvgIpc) is 2.81. The van der Waals surface area contributed by atoms with E-state index in [2.05, 4.69) is 24.1 Å². The van der Waals surface area contributed by atoms with Gasteiger partial charge in [0, 0.05) is 37.3 Å². The van der Waals surface area contributed by atoms with E-state index in [1.165, 1.54) is 25.7 Å². The van der Waals surface area contributed by atoms with Gasteiger partial charge in [0.25, 0.3) is 0 Å². The van der Waals surface area contributed by atoms with Crippen LogP contribution in [0.1, 0.15) is 46.0 Å². The quantitative estimate of drug-likeness (QED) is 0.790. The van der Waals surface area contributed by atoms with E-state index in [0.29, 0.717) is 6.42 Å². The fourth-order valence-electron chi connectivity index (χ4n) is 3.46. The minimum Gasteiger partial charge on any atom is -0.372 e. The molecule has 0 atom stereocenters. The van der Waals surface area contributed by atoms with Gasteiger partial charge in [-0.25, -0.2) is 0 Å². The molecule has 1 heterocycles. The molecule has 1 spiro atoms. The van der Waals surface area contributed by atoms with Crippen molar-refractivity contribution in [3.05, 3.63) is 0 Å². The second kappa shape index (κ2) is 6.42. The maximum absolute atomic E-state index is 12.0. The summed E-state index contributed by atoms with van der Waals surface area (Å²) in [5.74, 6) is 0. The highest BCUT2D eigenvalue weighted by Gasteiger charge is 2.43. The lowest BCUT2D eigenvalue weighted by Gasteiger charge is -2.51. The largest absolute Gasteiger partial charge is 0.411 e. The molecule has 1 saturated heterocycles. The van der Waals surface area contributed by atoms with E-state index in [9.17, 15) is 13.2 Å². The van der Waals surface area contributed by atoms with Crippen LogP contribution >= 0.6 is 0 Å². The van der Waals surface area contributed by atoms with Gasteiger partial charge in [-0.05, 0) is 33.1 Å². The number of hydrogen-bond acceptors (Lipinski definition) is 3. The number of piperazine rings is 1. The Morgan fingerprint density at radius 2 is 1.86 bits per heavy atom. The SMILES string of the molecule is CC1(C)CNC2(CCCC2)CN1CCCOCC(F)(F)F. The van der Waals surface area contributed by atoms with Crippen molar-refractivity contribution in [2.24, 2.45) is 0 Å². The maximum atomic E-state index is 12.0. The fourth-order valence-corrected chi connectivity index (χ4v) is 3.46. The first-order valence-corrected chi connectivity index (χ1v) is 7.87. The van der Waals surface area contributed by atoms with Crippen molar-refractivity contribution in [1.82, 2.24) is 10.2 Å². The smallest absolute Gasteiger partial charge is 0.372 e. The highest BCUT2D eigenvalue weighted by atomic mass is 19.4. The van der Waals surface area contributed by atoms with Crippen molar-refractivity contribution in [2.45, 2.75) is 63.2 Å². The van der Waals surface area contributed by atoms with Crippen molar-refractivity contribution in [3.8, 4) is 0 Å². The molecule has 2 fully saturated rings. The molecule has 1 N–H and O–H groups in total. The van der Waals surface area contributed by atoms with Crippen molar-refractivity contribution < 1.29 is 17.9 Å². The number of alkyl halides is 3. The van der Waals surface area contributed by atoms with E-state index in [1.54, 1.807) is 0 Å². The lowest BCUT2D eigenvalue weighted by atomic mass is 9.87. The van der Waals surface area contributed by atoms with Crippen LogP contribution < -0.4 is 5.32 Å². The Bertz CT molecular complexity index is 338. The molecule has 2 rings (SSSR count). The van der Waals surface area contributed by atoms with Crippen LogP contribution in [0.5, 0.6) is 0 Å². The van der Waals surface area contributed by atoms with E-state index in [1.807, 2.05) is 0 Å². The molecule has 1 aliphatic carbocycles. The molecule has 2 aliphatic rings. The molecule has 0 radical (unpaired) electrons. The van der Waals surface area contributed by atoms with E-state index < -0.39 is 12.8 Å². The molecule has 6 heteroatoms. The molecule has 0 amide bonds. The number of hydrogen-bond donors (Lipinski definition) is 1. The number of halogens is 3. The van der Waals surface area contributed by atoms with Crippen LogP contribution in [0.3, 0.4) is 0 Å². The van der Waals surface area contributed by atoms with E-state index >= 15 is 0 Å². The number of nitrogens with zero attached hydrogens (tertiary/aromatic N) is 1. The third kappa shape index (κ3) is 4.83. The lowest BCUT2D eigenvalue weighted by molar-refractivity contribution is -0.174. The Balaban J connectivity index is 1.76. The topological polar surface area (TPSA) is 24.5 Å². The Morgan fingerprint density at radius 3 is 2.48 bits per heavy atom. The summed E-state index contributed by atoms with van der Waals surface area (Å²) in [7, 11) is 0. The first-order valence-electron chi connectivity index (χ1n) is 7.87. The van der Waals surface area contributed by atoms with Crippen LogP contribution in [-0.4, -0.2) is 55.0 Å². The van der Waals surface area contributed by atoms with E-state index in [-0.39, 0.29) is 17.7 Å². The molecule has 1 saturated carbocycles. The van der Waals surface area contributed by atoms with Gasteiger partial charge < -0.3 is 10.1 Å². The van der Waals surface area contributed by atoms with Crippen LogP contribution in [0.25, 0.3) is 0 Å². The molecule has 0 aromatic carbocycles. The Morgan fingerprint density at radius 1 is 1.19 bits per heavy atom. The molecule has 1 aliphatic heterocycles. The first kappa shape index (κ1) is 17.0. The molecule has 0 aromatic rings. The lowest BCUT2D eigenvalue weighted by Crippen LogP contribution is -2.67. The molecule has 3 nitrogen and oxygen atoms in total. The minimum atomic E-state index is -4.22. The molecule has 0 unspecified atom stereocenters. The van der Waals surface area contributed by atoms with Crippen molar-refractivity contribution in [2.75, 3.05) is 32.8 Å². The summed E-state index contributed by atoms with van der Waals surface area (Å²) in [5, 5.41) is 3.71. The zero-order valence-corrected chi connectivity index (χ0v) is 13.1. The summed E-state index contributed by atoms with van der Waals surface area (Å²) in [6, 6.07) is 0. The molecular formula is C15H27F3N2O. The minimum absolute atomic E-state index is 0.0534. The molecular weight excluding hydrogens is 281 g/mol. The highest BCUT2D eigenvalue weighted by Crippen LogP contribution is 2.35. The molecule has 21 heavy (non-hydrogen) atoms. The van der Waals surface area contributed by atoms with Crippen LogP contribution in [0.2, 0.25) is 0 Å². The summed E-state index contributed by atoms with van der Waals surface area (Å²) in [4.78, 5) is 2.42. The number of ether oxygens (including phenoxy) is 1. The third-order valence-corrected chi connectivity index (χ3v) is 4.79. The molecule has 124 valence electrons. The molecule has 0 bridgehead atoms. The summed E-state index contributed by atoms with van der Waals surface area (Å²) in [6.07, 6.45) is 1.40. The highest BCUT2D eigenvalue weighted by molar-refractivity contribution is 5.03. The Hall–Kier alpha value is -0.330. The van der Waals surface area contributed by atoms with Gasteiger partial charge in [-0.15, -0.1) is 0 Å². The third-order valence-electron chi connectivity index (χ3n) is 4.79. The number of nitrogens with one attached hydrogen (secondary N) is 1. The summed E-state index contributed by atoms with van der Waals surface area (Å²) >= 11 is 0. The predicted octanol–water partition coefficient (Wildman–Crippen LogP) is 2.95. The number of rotatable bonds is 5. The Labute approximate surface area is 125 Å². The fraction of sp³-hybridized carbons (Fsp3) is 1.00. The van der Waals surface area contributed by atoms with Crippen LogP contribution in [0.15, 0.2) is 0 Å². The van der Waals surface area contributed by atoms with Crippen LogP contribution in [0.4, 0.5) is 13.2 Å². The van der Waals surface area contributed by atoms with Gasteiger partial charge in [-0.1, -0.05) is 12.8 Å². The van der Waals surface area contributed by atoms with Gasteiger partial charge in [0.15, 0.2) is 0 Å². The zero-order chi connectivity index (χ0) is 15.6. The van der Waals surface area contributed by atoms with Crippen molar-refractivity contribution >= 4 is 0 Å². The first-order chi connectivity index (χ1) is 9.73. The predicted molar refractivity (Wildman–Crippen MR) is 76.3 cm³/mol. The van der Waals surface area contributed by atoms with E-state index in [4.69, 9.17) is 4.74 Å². The summed E-state index contributed by atoms with van der Waals surface area (Å²) in [5.41, 5.74) is 0.292. The summed E-state index contributed by atoms with van der Waals surface area (Å²) in [6.45, 7) is 6.16. The van der Waals surface area contributed by atoms with Crippen molar-refractivity contribution in [1.29, 1.82) is 0 Å². The maximum Gasteiger partial charge on any atom is 0.411 e. The van der Waals surface area contributed by atoms with E-state index in [0.717, 1.165) is 19.6 Å². The monoisotopic (exact) mass is 308 g/mol. The van der Waals surface area contributed by atoms with Gasteiger partial charge in [0.1, 0.15) is 6.61 Å². The standard InChI is InChI=1S/C15H27F3N2O/c1-13(2)10-19-14(6-3-4-7-14)11-20(13)8-5-9-21-12-15(16,17)18/h19H,3-12H2,1-2H3. The summed E-state index contributed by atoms with van der Waals surface area (Å²) < 4.78 is 40.8. The van der Waals surface area contributed by atoms with Gasteiger partial charge in [0.2, 0.25) is 0 Å². The van der Waals surface area contributed by atoms with Gasteiger partial charge >= 0.3 is 6.18 Å². The Kier molecular flexibility index (Phi) is 5.21. The molecule has 0 aromatic heterocycles. The second-order valence-corrected chi connectivity index (χ2v) is 7.10. The van der Waals surface area contributed by atoms with Crippen molar-refractivity contribution in [3.63, 3.8) is 0 Å². The average molecular weight is 308 g/mol. The van der Waals surface area contributed by atoms with Gasteiger partial charge in [0.05, 0.1) is 0 Å². The normalized spacial score (nSPS) is 25.6. The van der Waals surface area contributed by atoms with Gasteiger partial charge in [-0.2, -0.15) is 13.2 Å². The van der Waals surface area contributed by atoms with Crippen LogP contribution in [0, 0.1) is 0 Å².